The number of aromatic nitrogens is 3. The Kier molecular flexibility index (Phi) is 6.67. The van der Waals surface area contributed by atoms with E-state index >= 15 is 0 Å². The highest BCUT2D eigenvalue weighted by Gasteiger charge is 2.53. The molecule has 2 heterocycles. The number of fused-ring (bicyclic) bond motifs is 3. The molecule has 0 unspecified atom stereocenters. The van der Waals surface area contributed by atoms with Crippen LogP contribution in [0.1, 0.15) is 108 Å². The van der Waals surface area contributed by atoms with Crippen LogP contribution in [-0.2, 0) is 10.2 Å². The third-order valence-corrected chi connectivity index (χ3v) is 10.4. The van der Waals surface area contributed by atoms with Crippen molar-refractivity contribution >= 4 is 11.6 Å². The van der Waals surface area contributed by atoms with Crippen LogP contribution in [0.4, 0.5) is 5.69 Å². The van der Waals surface area contributed by atoms with Gasteiger partial charge in [-0.2, -0.15) is 4.98 Å². The van der Waals surface area contributed by atoms with Gasteiger partial charge in [-0.25, -0.2) is 0 Å². The molecular weight excluding hydrogens is 504 g/mol. The first-order chi connectivity index (χ1) is 19.5. The first-order valence-electron chi connectivity index (χ1n) is 15.3. The van der Waals surface area contributed by atoms with Gasteiger partial charge in [-0.3, -0.25) is 4.79 Å². The molecule has 0 radical (unpaired) electrons. The van der Waals surface area contributed by atoms with Crippen LogP contribution >= 0.6 is 0 Å². The normalized spacial score (nSPS) is 26.6. The zero-order chi connectivity index (χ0) is 27.2. The van der Waals surface area contributed by atoms with E-state index < -0.39 is 0 Å². The summed E-state index contributed by atoms with van der Waals surface area (Å²) in [6.07, 6.45) is 15.5. The van der Waals surface area contributed by atoms with Gasteiger partial charge >= 0.3 is 5.95 Å². The Morgan fingerprint density at radius 3 is 2.45 bits per heavy atom. The van der Waals surface area contributed by atoms with Gasteiger partial charge in [0.15, 0.2) is 5.82 Å². The summed E-state index contributed by atoms with van der Waals surface area (Å²) < 4.78 is 16.3. The highest BCUT2D eigenvalue weighted by molar-refractivity contribution is 5.94. The molecule has 2 aromatic heterocycles. The van der Waals surface area contributed by atoms with Gasteiger partial charge in [-0.05, 0) is 87.7 Å². The standard InChI is InChI=1S/C32H40N4O4/c1-38-28-20-26(34-39-28)24-8-5-9-25(19-24)36(27(37)18-22-6-3-2-4-7-22)21-31-12-15-32(16-13-31,17-14-31)30-33-29(35-40-30)23-10-11-23/h5,8-9,19-20,22-23H,2-4,6-7,10-18,21H2,1H3. The van der Waals surface area contributed by atoms with E-state index in [0.717, 1.165) is 68.0 Å². The first-order valence-corrected chi connectivity index (χ1v) is 15.3. The maximum atomic E-state index is 14.1. The number of hydrogen-bond acceptors (Lipinski definition) is 7. The quantitative estimate of drug-likeness (QED) is 0.281. The Hall–Kier alpha value is -3.16. The molecule has 2 bridgehead atoms. The number of ether oxygens (including phenoxy) is 1. The van der Waals surface area contributed by atoms with Crippen molar-refractivity contribution in [1.82, 2.24) is 15.3 Å². The van der Waals surface area contributed by atoms with E-state index in [4.69, 9.17) is 18.8 Å². The Morgan fingerprint density at radius 1 is 0.975 bits per heavy atom. The summed E-state index contributed by atoms with van der Waals surface area (Å²) in [5.74, 6) is 3.41. The van der Waals surface area contributed by atoms with Crippen molar-refractivity contribution in [2.45, 2.75) is 101 Å². The zero-order valence-electron chi connectivity index (χ0n) is 23.6. The number of carbonyl (C=O) groups is 1. The molecule has 212 valence electrons. The SMILES string of the molecule is COc1cc(-c2cccc(N(CC34CCC(c5nc(C6CC6)no5)(CC3)CC4)C(=O)CC3CCCCC3)c2)no1. The molecule has 0 aliphatic heterocycles. The smallest absolute Gasteiger partial charge is 0.311 e. The molecule has 5 saturated carbocycles. The number of carbonyl (C=O) groups excluding carboxylic acids is 1. The molecule has 5 aliphatic rings. The molecule has 0 atom stereocenters. The van der Waals surface area contributed by atoms with Crippen molar-refractivity contribution in [3.05, 3.63) is 42.0 Å². The van der Waals surface area contributed by atoms with Crippen molar-refractivity contribution in [2.75, 3.05) is 18.6 Å². The predicted octanol–water partition coefficient (Wildman–Crippen LogP) is 7.21. The molecule has 1 aromatic carbocycles. The van der Waals surface area contributed by atoms with Crippen LogP contribution in [0.15, 0.2) is 39.4 Å². The average molecular weight is 545 g/mol. The molecule has 0 spiro atoms. The topological polar surface area (TPSA) is 94.5 Å². The lowest BCUT2D eigenvalue weighted by molar-refractivity contribution is -0.120. The fourth-order valence-electron chi connectivity index (χ4n) is 7.51. The van der Waals surface area contributed by atoms with E-state index in [9.17, 15) is 4.79 Å². The van der Waals surface area contributed by atoms with Crippen molar-refractivity contribution in [1.29, 1.82) is 0 Å². The van der Waals surface area contributed by atoms with Gasteiger partial charge in [0.05, 0.1) is 13.2 Å². The Morgan fingerprint density at radius 2 is 1.75 bits per heavy atom. The lowest BCUT2D eigenvalue weighted by atomic mass is 9.53. The average Bonchev–Trinajstić information content (AvgIpc) is 3.51. The molecule has 8 nitrogen and oxygen atoms in total. The summed E-state index contributed by atoms with van der Waals surface area (Å²) in [5.41, 5.74) is 2.72. The van der Waals surface area contributed by atoms with Crippen LogP contribution in [0, 0.1) is 11.3 Å². The Bertz CT molecular complexity index is 1330. The second-order valence-corrected chi connectivity index (χ2v) is 13.0. The van der Waals surface area contributed by atoms with Crippen LogP contribution in [-0.4, -0.2) is 34.9 Å². The second-order valence-electron chi connectivity index (χ2n) is 13.0. The number of nitrogens with zero attached hydrogens (tertiary/aromatic N) is 4. The first kappa shape index (κ1) is 25.8. The predicted molar refractivity (Wildman–Crippen MR) is 150 cm³/mol. The largest absolute Gasteiger partial charge is 0.467 e. The second kappa shape index (κ2) is 10.3. The number of benzene rings is 1. The lowest BCUT2D eigenvalue weighted by Gasteiger charge is -2.53. The van der Waals surface area contributed by atoms with Gasteiger partial charge in [0.1, 0.15) is 5.69 Å². The minimum absolute atomic E-state index is 0.0186. The Balaban J connectivity index is 1.13. The number of hydrogen-bond donors (Lipinski definition) is 0. The lowest BCUT2D eigenvalue weighted by Crippen LogP contribution is -2.51. The van der Waals surface area contributed by atoms with Crippen LogP contribution in [0.25, 0.3) is 11.3 Å². The number of rotatable bonds is 9. The van der Waals surface area contributed by atoms with Crippen LogP contribution < -0.4 is 9.64 Å². The van der Waals surface area contributed by atoms with Crippen LogP contribution in [0.3, 0.4) is 0 Å². The number of methoxy groups -OCH3 is 1. The number of amides is 1. The molecule has 5 aliphatic carbocycles. The van der Waals surface area contributed by atoms with Gasteiger partial charge in [0.25, 0.3) is 0 Å². The molecule has 3 aromatic rings. The monoisotopic (exact) mass is 544 g/mol. The van der Waals surface area contributed by atoms with Gasteiger partial charge in [-0.1, -0.05) is 41.7 Å². The van der Waals surface area contributed by atoms with E-state index in [0.29, 0.717) is 29.9 Å². The van der Waals surface area contributed by atoms with Gasteiger partial charge in [0, 0.05) is 35.5 Å². The molecule has 5 fully saturated rings. The van der Waals surface area contributed by atoms with Crippen molar-refractivity contribution in [3.63, 3.8) is 0 Å². The van der Waals surface area contributed by atoms with Crippen LogP contribution in [0.5, 0.6) is 5.95 Å². The van der Waals surface area contributed by atoms with Crippen molar-refractivity contribution < 1.29 is 18.6 Å². The van der Waals surface area contributed by atoms with E-state index in [1.54, 1.807) is 13.2 Å². The maximum absolute atomic E-state index is 14.1. The third-order valence-electron chi connectivity index (χ3n) is 10.4. The summed E-state index contributed by atoms with van der Waals surface area (Å²) in [4.78, 5) is 21.0. The summed E-state index contributed by atoms with van der Waals surface area (Å²) >= 11 is 0. The van der Waals surface area contributed by atoms with Gasteiger partial charge in [0.2, 0.25) is 11.8 Å². The van der Waals surface area contributed by atoms with Crippen molar-refractivity contribution in [2.24, 2.45) is 11.3 Å². The highest BCUT2D eigenvalue weighted by Crippen LogP contribution is 2.58. The molecule has 8 heteroatoms. The molecule has 8 rings (SSSR count). The molecule has 40 heavy (non-hydrogen) atoms. The fraction of sp³-hybridized carbons (Fsp3) is 0.625. The molecular formula is C32H40N4O4. The molecule has 0 N–H and O–H groups in total. The minimum Gasteiger partial charge on any atom is -0.467 e. The molecule has 1 amide bonds. The maximum Gasteiger partial charge on any atom is 0.311 e. The van der Waals surface area contributed by atoms with Crippen molar-refractivity contribution in [3.8, 4) is 17.2 Å². The fourth-order valence-corrected chi connectivity index (χ4v) is 7.51. The van der Waals surface area contributed by atoms with E-state index in [1.807, 2.05) is 12.1 Å². The number of anilines is 1. The van der Waals surface area contributed by atoms with Crippen LogP contribution in [0.2, 0.25) is 0 Å². The highest BCUT2D eigenvalue weighted by atomic mass is 16.6. The molecule has 0 saturated heterocycles. The summed E-state index contributed by atoms with van der Waals surface area (Å²) in [7, 11) is 1.57. The van der Waals surface area contributed by atoms with E-state index in [-0.39, 0.29) is 16.7 Å². The van der Waals surface area contributed by atoms with E-state index in [2.05, 4.69) is 27.3 Å². The zero-order valence-corrected chi connectivity index (χ0v) is 23.6. The Labute approximate surface area is 235 Å². The van der Waals surface area contributed by atoms with E-state index in [1.165, 1.54) is 44.9 Å². The van der Waals surface area contributed by atoms with Gasteiger partial charge in [-0.15, -0.1) is 0 Å². The summed E-state index contributed by atoms with van der Waals surface area (Å²) in [5, 5.41) is 8.51. The summed E-state index contributed by atoms with van der Waals surface area (Å²) in [6.45, 7) is 0.761. The van der Waals surface area contributed by atoms with Gasteiger partial charge < -0.3 is 18.7 Å². The summed E-state index contributed by atoms with van der Waals surface area (Å²) in [6, 6.07) is 9.98. The minimum atomic E-state index is 0.0186. The third kappa shape index (κ3) is 4.94.